The summed E-state index contributed by atoms with van der Waals surface area (Å²) >= 11 is 0. The Morgan fingerprint density at radius 1 is 0.459 bits per heavy atom. The highest BCUT2D eigenvalue weighted by atomic mass is 16.3. The largest absolute Gasteiger partial charge is 0.392 e. The summed E-state index contributed by atoms with van der Waals surface area (Å²) in [6.45, 7) is 16.1. The molecule has 0 heterocycles. The first-order chi connectivity index (χ1) is 17.6. The summed E-state index contributed by atoms with van der Waals surface area (Å²) in [6, 6.07) is 0. The third kappa shape index (κ3) is 22.2. The third-order valence-corrected chi connectivity index (χ3v) is 6.93. The third-order valence-electron chi connectivity index (χ3n) is 6.93. The lowest BCUT2D eigenvalue weighted by Gasteiger charge is -2.29. The van der Waals surface area contributed by atoms with Gasteiger partial charge < -0.3 is 30.4 Å². The zero-order valence-corrected chi connectivity index (χ0v) is 24.9. The molecule has 0 aliphatic carbocycles. The van der Waals surface area contributed by atoms with Crippen LogP contribution in [0.4, 0.5) is 0 Å². The van der Waals surface area contributed by atoms with Crippen molar-refractivity contribution >= 4 is 0 Å². The Balaban J connectivity index is 4.63. The number of nitrogens with zero attached hydrogens (tertiary/aromatic N) is 3. The normalized spacial score (nSPS) is 16.5. The van der Waals surface area contributed by atoms with E-state index in [1.54, 1.807) is 6.92 Å². The van der Waals surface area contributed by atoms with Gasteiger partial charge in [-0.3, -0.25) is 9.80 Å². The van der Waals surface area contributed by atoms with E-state index < -0.39 is 12.2 Å². The lowest BCUT2D eigenvalue weighted by atomic mass is 10.1. The number of hydrogen-bond donors (Lipinski definition) is 5. The van der Waals surface area contributed by atoms with Gasteiger partial charge in [0.1, 0.15) is 0 Å². The van der Waals surface area contributed by atoms with Crippen LogP contribution in [0.2, 0.25) is 0 Å². The number of aliphatic hydroxyl groups is 5. The minimum atomic E-state index is -0.429. The van der Waals surface area contributed by atoms with Crippen molar-refractivity contribution in [1.82, 2.24) is 14.7 Å². The maximum absolute atomic E-state index is 10.5. The summed E-state index contributed by atoms with van der Waals surface area (Å²) in [5.41, 5.74) is 0. The summed E-state index contributed by atoms with van der Waals surface area (Å²) < 4.78 is 0. The Morgan fingerprint density at radius 3 is 1.41 bits per heavy atom. The molecule has 8 nitrogen and oxygen atoms in total. The van der Waals surface area contributed by atoms with Gasteiger partial charge in [0.2, 0.25) is 0 Å². The number of unbranched alkanes of at least 4 members (excludes halogenated alkanes) is 4. The van der Waals surface area contributed by atoms with Gasteiger partial charge in [0.15, 0.2) is 0 Å². The smallest absolute Gasteiger partial charge is 0.0667 e. The molecule has 0 fully saturated rings. The molecular formula is C29H63N3O5. The molecule has 5 atom stereocenters. The lowest BCUT2D eigenvalue weighted by Crippen LogP contribution is -2.40. The van der Waals surface area contributed by atoms with E-state index in [0.717, 1.165) is 64.7 Å². The van der Waals surface area contributed by atoms with E-state index in [9.17, 15) is 25.5 Å². The molecule has 5 unspecified atom stereocenters. The molecule has 37 heavy (non-hydrogen) atoms. The fourth-order valence-corrected chi connectivity index (χ4v) is 4.80. The van der Waals surface area contributed by atoms with Gasteiger partial charge in [-0.25, -0.2) is 0 Å². The van der Waals surface area contributed by atoms with Crippen molar-refractivity contribution in [1.29, 1.82) is 0 Å². The lowest BCUT2D eigenvalue weighted by molar-refractivity contribution is 0.0625. The number of aliphatic hydroxyl groups excluding tert-OH is 5. The minimum absolute atomic E-state index is 0.357. The van der Waals surface area contributed by atoms with Gasteiger partial charge in [0.05, 0.1) is 30.5 Å². The van der Waals surface area contributed by atoms with Crippen molar-refractivity contribution in [2.24, 2.45) is 0 Å². The quantitative estimate of drug-likeness (QED) is 0.108. The van der Waals surface area contributed by atoms with Gasteiger partial charge in [-0.2, -0.15) is 0 Å². The fraction of sp³-hybridized carbons (Fsp3) is 1.00. The molecule has 0 bridgehead atoms. The summed E-state index contributed by atoms with van der Waals surface area (Å²) in [5.74, 6) is 0. The SMILES string of the molecule is CCCCCCC(O)CN(CCCN(CCCCN(CC(O)CC)CC(O)CC)CC(C)O)CC(C)O. The summed E-state index contributed by atoms with van der Waals surface area (Å²) in [7, 11) is 0. The second-order valence-corrected chi connectivity index (χ2v) is 11.2. The summed E-state index contributed by atoms with van der Waals surface area (Å²) in [4.78, 5) is 6.65. The Bertz CT molecular complexity index is 486. The van der Waals surface area contributed by atoms with E-state index in [0.29, 0.717) is 45.6 Å². The van der Waals surface area contributed by atoms with Crippen LogP contribution >= 0.6 is 0 Å². The Morgan fingerprint density at radius 2 is 0.892 bits per heavy atom. The highest BCUT2D eigenvalue weighted by Crippen LogP contribution is 2.09. The molecule has 5 N–H and O–H groups in total. The molecule has 224 valence electrons. The zero-order chi connectivity index (χ0) is 28.1. The average Bonchev–Trinajstić information content (AvgIpc) is 2.83. The molecule has 0 radical (unpaired) electrons. The van der Waals surface area contributed by atoms with Gasteiger partial charge in [-0.15, -0.1) is 0 Å². The van der Waals surface area contributed by atoms with Crippen LogP contribution in [0.5, 0.6) is 0 Å². The first-order valence-electron chi connectivity index (χ1n) is 15.2. The molecule has 0 saturated carbocycles. The van der Waals surface area contributed by atoms with Crippen LogP contribution in [0.15, 0.2) is 0 Å². The first-order valence-corrected chi connectivity index (χ1v) is 15.2. The average molecular weight is 534 g/mol. The standard InChI is InChI=1S/C29H63N3O5/c1-6-9-10-11-15-29(37)24-31(21-26(5)34)19-14-18-30(20-25(4)33)16-12-13-17-32(22-27(35)7-2)23-28(36)8-3/h25-29,33-37H,6-24H2,1-5H3. The van der Waals surface area contributed by atoms with E-state index >= 15 is 0 Å². The van der Waals surface area contributed by atoms with Gasteiger partial charge in [0.25, 0.3) is 0 Å². The molecular weight excluding hydrogens is 470 g/mol. The van der Waals surface area contributed by atoms with E-state index in [1.165, 1.54) is 12.8 Å². The van der Waals surface area contributed by atoms with E-state index in [1.807, 2.05) is 20.8 Å². The molecule has 0 saturated heterocycles. The van der Waals surface area contributed by atoms with Crippen molar-refractivity contribution in [3.05, 3.63) is 0 Å². The Hall–Kier alpha value is -0.320. The second-order valence-electron chi connectivity index (χ2n) is 11.2. The molecule has 0 aliphatic rings. The summed E-state index contributed by atoms with van der Waals surface area (Å²) in [6.07, 6.45) is 7.81. The molecule has 0 amide bonds. The highest BCUT2D eigenvalue weighted by molar-refractivity contribution is 4.71. The maximum atomic E-state index is 10.5. The molecule has 0 aromatic carbocycles. The van der Waals surface area contributed by atoms with Crippen LogP contribution < -0.4 is 0 Å². The van der Waals surface area contributed by atoms with E-state index in [4.69, 9.17) is 0 Å². The predicted octanol–water partition coefficient (Wildman–Crippen LogP) is 2.70. The first kappa shape index (κ1) is 36.7. The highest BCUT2D eigenvalue weighted by Gasteiger charge is 2.16. The van der Waals surface area contributed by atoms with Gasteiger partial charge in [-0.05, 0) is 78.6 Å². The van der Waals surface area contributed by atoms with Crippen LogP contribution in [0.25, 0.3) is 0 Å². The maximum Gasteiger partial charge on any atom is 0.0667 e. The van der Waals surface area contributed by atoms with Gasteiger partial charge in [0, 0.05) is 32.7 Å². The topological polar surface area (TPSA) is 111 Å². The van der Waals surface area contributed by atoms with Crippen molar-refractivity contribution in [2.75, 3.05) is 58.9 Å². The van der Waals surface area contributed by atoms with Crippen LogP contribution in [0.1, 0.15) is 98.8 Å². The van der Waals surface area contributed by atoms with E-state index in [2.05, 4.69) is 21.6 Å². The predicted molar refractivity (Wildman–Crippen MR) is 154 cm³/mol. The molecule has 0 aromatic heterocycles. The van der Waals surface area contributed by atoms with Crippen LogP contribution in [0, 0.1) is 0 Å². The Labute approximate surface area is 228 Å². The molecule has 0 aromatic rings. The fourth-order valence-electron chi connectivity index (χ4n) is 4.80. The minimum Gasteiger partial charge on any atom is -0.392 e. The van der Waals surface area contributed by atoms with Crippen LogP contribution in [0.3, 0.4) is 0 Å². The van der Waals surface area contributed by atoms with Crippen LogP contribution in [-0.4, -0.2) is 130 Å². The van der Waals surface area contributed by atoms with Gasteiger partial charge >= 0.3 is 0 Å². The number of hydrogen-bond acceptors (Lipinski definition) is 8. The van der Waals surface area contributed by atoms with Crippen molar-refractivity contribution in [3.8, 4) is 0 Å². The monoisotopic (exact) mass is 533 g/mol. The second kappa shape index (κ2) is 23.6. The molecule has 0 spiro atoms. The van der Waals surface area contributed by atoms with Crippen molar-refractivity contribution < 1.29 is 25.5 Å². The van der Waals surface area contributed by atoms with E-state index in [-0.39, 0.29) is 18.3 Å². The zero-order valence-electron chi connectivity index (χ0n) is 24.9. The molecule has 0 aliphatic heterocycles. The molecule has 8 heteroatoms. The molecule has 0 rings (SSSR count). The number of rotatable bonds is 26. The van der Waals surface area contributed by atoms with Crippen LogP contribution in [-0.2, 0) is 0 Å². The van der Waals surface area contributed by atoms with Crippen molar-refractivity contribution in [3.63, 3.8) is 0 Å². The van der Waals surface area contributed by atoms with Gasteiger partial charge in [-0.1, -0.05) is 46.5 Å². The Kier molecular flexibility index (Phi) is 23.4. The van der Waals surface area contributed by atoms with Crippen molar-refractivity contribution in [2.45, 2.75) is 129 Å². The summed E-state index contributed by atoms with van der Waals surface area (Å²) in [5, 5.41) is 50.6.